The third kappa shape index (κ3) is 5.53. The second kappa shape index (κ2) is 9.14. The van der Waals surface area contributed by atoms with Crippen LogP contribution in [0.3, 0.4) is 0 Å². The molecule has 142 valence electrons. The number of hydrogen-bond donors (Lipinski definition) is 3. The molecular formula is C22H26N2O3. The summed E-state index contributed by atoms with van der Waals surface area (Å²) in [7, 11) is 0. The van der Waals surface area contributed by atoms with E-state index in [1.165, 1.54) is 6.08 Å². The van der Waals surface area contributed by atoms with Crippen LogP contribution in [0, 0.1) is 5.41 Å². The van der Waals surface area contributed by atoms with E-state index < -0.39 is 0 Å². The number of aliphatic hydroxyl groups excluding tert-OH is 1. The minimum absolute atomic E-state index is 0.0140. The highest BCUT2D eigenvalue weighted by Gasteiger charge is 2.30. The second-order valence-corrected chi connectivity index (χ2v) is 7.09. The van der Waals surface area contributed by atoms with Crippen LogP contribution in [0.5, 0.6) is 0 Å². The van der Waals surface area contributed by atoms with E-state index in [0.29, 0.717) is 17.8 Å². The molecule has 0 aromatic heterocycles. The van der Waals surface area contributed by atoms with Crippen LogP contribution in [0.25, 0.3) is 0 Å². The zero-order chi connectivity index (χ0) is 19.9. The Labute approximate surface area is 160 Å². The average molecular weight is 366 g/mol. The summed E-state index contributed by atoms with van der Waals surface area (Å²) in [5.74, 6) is -0.533. The maximum absolute atomic E-state index is 12.5. The molecular weight excluding hydrogens is 340 g/mol. The van der Waals surface area contributed by atoms with Crippen molar-refractivity contribution >= 4 is 17.5 Å². The predicted molar refractivity (Wildman–Crippen MR) is 108 cm³/mol. The monoisotopic (exact) mass is 366 g/mol. The first-order valence-corrected chi connectivity index (χ1v) is 8.85. The quantitative estimate of drug-likeness (QED) is 0.627. The summed E-state index contributed by atoms with van der Waals surface area (Å²) < 4.78 is 0. The lowest BCUT2D eigenvalue weighted by Crippen LogP contribution is -2.36. The molecule has 0 saturated heterocycles. The zero-order valence-corrected chi connectivity index (χ0v) is 15.7. The molecule has 0 bridgehead atoms. The number of anilines is 1. The smallest absolute Gasteiger partial charge is 0.251 e. The molecule has 5 nitrogen and oxygen atoms in total. The molecule has 0 fully saturated rings. The van der Waals surface area contributed by atoms with Crippen LogP contribution in [0.15, 0.2) is 67.3 Å². The van der Waals surface area contributed by atoms with Crippen LogP contribution in [0.1, 0.15) is 35.7 Å². The van der Waals surface area contributed by atoms with Crippen molar-refractivity contribution in [2.45, 2.75) is 19.8 Å². The van der Waals surface area contributed by atoms with E-state index in [9.17, 15) is 14.7 Å². The van der Waals surface area contributed by atoms with Crippen LogP contribution in [0.2, 0.25) is 0 Å². The van der Waals surface area contributed by atoms with Gasteiger partial charge in [0.2, 0.25) is 5.91 Å². The highest BCUT2D eigenvalue weighted by Crippen LogP contribution is 2.34. The Hall–Kier alpha value is -2.92. The van der Waals surface area contributed by atoms with E-state index in [4.69, 9.17) is 0 Å². The maximum Gasteiger partial charge on any atom is 0.251 e. The Morgan fingerprint density at radius 2 is 1.74 bits per heavy atom. The molecule has 2 aromatic rings. The highest BCUT2D eigenvalue weighted by atomic mass is 16.3. The van der Waals surface area contributed by atoms with Gasteiger partial charge in [0.15, 0.2) is 0 Å². The highest BCUT2D eigenvalue weighted by molar-refractivity contribution is 5.99. The first kappa shape index (κ1) is 20.4. The summed E-state index contributed by atoms with van der Waals surface area (Å²) in [6.07, 6.45) is 1.19. The van der Waals surface area contributed by atoms with Crippen LogP contribution in [-0.2, 0) is 4.79 Å². The lowest BCUT2D eigenvalue weighted by Gasteiger charge is -2.33. The molecule has 0 radical (unpaired) electrons. The summed E-state index contributed by atoms with van der Waals surface area (Å²) in [5, 5.41) is 15.4. The van der Waals surface area contributed by atoms with Crippen molar-refractivity contribution in [2.75, 3.05) is 18.5 Å². The van der Waals surface area contributed by atoms with Crippen molar-refractivity contribution < 1.29 is 14.7 Å². The van der Waals surface area contributed by atoms with Gasteiger partial charge in [0.05, 0.1) is 0 Å². The van der Waals surface area contributed by atoms with Crippen molar-refractivity contribution in [2.24, 2.45) is 5.41 Å². The Kier molecular flexibility index (Phi) is 6.91. The molecule has 5 heteroatoms. The zero-order valence-electron chi connectivity index (χ0n) is 15.7. The normalized spacial score (nSPS) is 12.1. The summed E-state index contributed by atoms with van der Waals surface area (Å²) in [6, 6.07) is 16.5. The van der Waals surface area contributed by atoms with Gasteiger partial charge in [-0.1, -0.05) is 50.8 Å². The van der Waals surface area contributed by atoms with Gasteiger partial charge in [-0.15, -0.1) is 0 Å². The van der Waals surface area contributed by atoms with E-state index in [1.807, 2.05) is 44.2 Å². The van der Waals surface area contributed by atoms with E-state index in [1.54, 1.807) is 24.3 Å². The second-order valence-electron chi connectivity index (χ2n) is 7.09. The lowest BCUT2D eigenvalue weighted by molar-refractivity contribution is -0.111. The maximum atomic E-state index is 12.5. The Balaban J connectivity index is 2.07. The summed E-state index contributed by atoms with van der Waals surface area (Å²) in [5.41, 5.74) is 1.78. The van der Waals surface area contributed by atoms with Crippen LogP contribution in [0.4, 0.5) is 5.69 Å². The molecule has 0 spiro atoms. The number of hydrogen-bond acceptors (Lipinski definition) is 3. The largest absolute Gasteiger partial charge is 0.396 e. The molecule has 0 aliphatic rings. The third-order valence-corrected chi connectivity index (χ3v) is 4.62. The molecule has 2 amide bonds. The van der Waals surface area contributed by atoms with Crippen LogP contribution in [-0.4, -0.2) is 30.1 Å². The molecule has 1 unspecified atom stereocenters. The summed E-state index contributed by atoms with van der Waals surface area (Å²) >= 11 is 0. The minimum atomic E-state index is -0.381. The fourth-order valence-electron chi connectivity index (χ4n) is 2.84. The Bertz CT molecular complexity index is 783. The fourth-order valence-corrected chi connectivity index (χ4v) is 2.84. The molecule has 0 aliphatic heterocycles. The van der Waals surface area contributed by atoms with Gasteiger partial charge in [0.25, 0.3) is 5.91 Å². The molecule has 0 saturated carbocycles. The first-order chi connectivity index (χ1) is 12.9. The van der Waals surface area contributed by atoms with Crippen molar-refractivity contribution in [3.05, 3.63) is 78.4 Å². The Morgan fingerprint density at radius 1 is 1.11 bits per heavy atom. The summed E-state index contributed by atoms with van der Waals surface area (Å²) in [6.45, 7) is 7.78. The average Bonchev–Trinajstić information content (AvgIpc) is 2.69. The van der Waals surface area contributed by atoms with Gasteiger partial charge in [0.1, 0.15) is 0 Å². The van der Waals surface area contributed by atoms with Gasteiger partial charge in [-0.3, -0.25) is 9.59 Å². The number of carbonyl (C=O) groups is 2. The SMILES string of the molecule is C=CC(=O)Nc1ccc(C(=O)NCC(c2ccccc2)C(C)(C)CO)cc1. The number of nitrogens with one attached hydrogen (secondary N) is 2. The molecule has 0 aliphatic carbocycles. The Morgan fingerprint density at radius 3 is 2.30 bits per heavy atom. The van der Waals surface area contributed by atoms with E-state index in [-0.39, 0.29) is 29.8 Å². The van der Waals surface area contributed by atoms with Crippen molar-refractivity contribution in [1.29, 1.82) is 0 Å². The van der Waals surface area contributed by atoms with Crippen LogP contribution >= 0.6 is 0 Å². The van der Waals surface area contributed by atoms with E-state index in [2.05, 4.69) is 17.2 Å². The standard InChI is InChI=1S/C22H26N2O3/c1-4-20(26)24-18-12-10-17(11-13-18)21(27)23-14-19(22(2,3)15-25)16-8-6-5-7-9-16/h4-13,19,25H,1,14-15H2,2-3H3,(H,23,27)(H,24,26). The molecule has 27 heavy (non-hydrogen) atoms. The van der Waals surface area contributed by atoms with Crippen LogP contribution < -0.4 is 10.6 Å². The lowest BCUT2D eigenvalue weighted by atomic mass is 9.75. The van der Waals surface area contributed by atoms with Gasteiger partial charge < -0.3 is 15.7 Å². The van der Waals surface area contributed by atoms with Gasteiger partial charge in [-0.05, 0) is 41.3 Å². The van der Waals surface area contributed by atoms with E-state index >= 15 is 0 Å². The van der Waals surface area contributed by atoms with Crippen molar-refractivity contribution in [3.63, 3.8) is 0 Å². The van der Waals surface area contributed by atoms with Crippen molar-refractivity contribution in [1.82, 2.24) is 5.32 Å². The predicted octanol–water partition coefficient (Wildman–Crippen LogP) is 3.34. The fraction of sp³-hybridized carbons (Fsp3) is 0.273. The minimum Gasteiger partial charge on any atom is -0.396 e. The van der Waals surface area contributed by atoms with Gasteiger partial charge in [0, 0.05) is 30.3 Å². The first-order valence-electron chi connectivity index (χ1n) is 8.85. The summed E-state index contributed by atoms with van der Waals surface area (Å²) in [4.78, 5) is 23.8. The number of rotatable bonds is 8. The van der Waals surface area contributed by atoms with Gasteiger partial charge in [-0.25, -0.2) is 0 Å². The number of aliphatic hydroxyl groups is 1. The number of amides is 2. The molecule has 0 heterocycles. The molecule has 3 N–H and O–H groups in total. The molecule has 2 aromatic carbocycles. The number of carbonyl (C=O) groups excluding carboxylic acids is 2. The van der Waals surface area contributed by atoms with Gasteiger partial charge >= 0.3 is 0 Å². The number of benzene rings is 2. The molecule has 2 rings (SSSR count). The third-order valence-electron chi connectivity index (χ3n) is 4.62. The van der Waals surface area contributed by atoms with E-state index in [0.717, 1.165) is 5.56 Å². The van der Waals surface area contributed by atoms with Gasteiger partial charge in [-0.2, -0.15) is 0 Å². The molecule has 1 atom stereocenters. The topological polar surface area (TPSA) is 78.4 Å². The van der Waals surface area contributed by atoms with Crippen molar-refractivity contribution in [3.8, 4) is 0 Å².